The summed E-state index contributed by atoms with van der Waals surface area (Å²) in [6, 6.07) is 8.42. The third kappa shape index (κ3) is 5.73. The average molecular weight is 568 g/mol. The van der Waals surface area contributed by atoms with Gasteiger partial charge < -0.3 is 25.6 Å². The van der Waals surface area contributed by atoms with Gasteiger partial charge in [0.05, 0.1) is 11.4 Å². The minimum Gasteiger partial charge on any atom is -0.377 e. The van der Waals surface area contributed by atoms with Crippen molar-refractivity contribution in [3.63, 3.8) is 0 Å². The van der Waals surface area contributed by atoms with E-state index in [-0.39, 0.29) is 23.3 Å². The largest absolute Gasteiger partial charge is 0.377 e. The highest BCUT2D eigenvalue weighted by Gasteiger charge is 2.38. The summed E-state index contributed by atoms with van der Waals surface area (Å²) in [5, 5.41) is 5.59. The number of nitrogens with two attached hydrogens (primary N) is 1. The number of hydrogen-bond donors (Lipinski definition) is 2. The lowest BCUT2D eigenvalue weighted by molar-refractivity contribution is -0.0217. The molecule has 0 unspecified atom stereocenters. The van der Waals surface area contributed by atoms with Crippen LogP contribution in [0, 0.1) is 5.92 Å². The van der Waals surface area contributed by atoms with Crippen molar-refractivity contribution in [2.24, 2.45) is 11.7 Å². The summed E-state index contributed by atoms with van der Waals surface area (Å²) in [5.74, 6) is 2.75. The maximum Gasteiger partial charge on any atom is 0.227 e. The second kappa shape index (κ2) is 11.1. The van der Waals surface area contributed by atoms with E-state index in [1.54, 1.807) is 13.3 Å². The van der Waals surface area contributed by atoms with E-state index in [9.17, 15) is 8.42 Å². The van der Waals surface area contributed by atoms with Crippen LogP contribution in [0.5, 0.6) is 0 Å². The fourth-order valence-corrected chi connectivity index (χ4v) is 7.12. The Morgan fingerprint density at radius 1 is 1.15 bits per heavy atom. The third-order valence-electron chi connectivity index (χ3n) is 8.63. The van der Waals surface area contributed by atoms with Crippen molar-refractivity contribution < 1.29 is 13.2 Å². The first-order valence-electron chi connectivity index (χ1n) is 14.0. The second-order valence-electron chi connectivity index (χ2n) is 11.6. The van der Waals surface area contributed by atoms with Crippen molar-refractivity contribution in [2.45, 2.75) is 51.2 Å². The molecule has 0 spiro atoms. The number of hydrogen-bond acceptors (Lipinski definition) is 10. The summed E-state index contributed by atoms with van der Waals surface area (Å²) >= 11 is 0. The summed E-state index contributed by atoms with van der Waals surface area (Å²) in [6.45, 7) is 9.27. The van der Waals surface area contributed by atoms with E-state index < -0.39 is 9.84 Å². The molecule has 3 N–H and O–H groups in total. The molecule has 2 saturated heterocycles. The molecular formula is C29H41N7O3S. The van der Waals surface area contributed by atoms with Gasteiger partial charge in [0.2, 0.25) is 5.95 Å². The number of benzene rings is 1. The molecule has 3 aromatic rings. The molecule has 2 aromatic heterocycles. The number of anilines is 4. The number of nitrogens with one attached hydrogen (secondary N) is 1. The lowest BCUT2D eigenvalue weighted by Crippen LogP contribution is -2.57. The smallest absolute Gasteiger partial charge is 0.227 e. The zero-order valence-corrected chi connectivity index (χ0v) is 24.9. The van der Waals surface area contributed by atoms with Crippen LogP contribution < -0.4 is 20.9 Å². The highest BCUT2D eigenvalue weighted by molar-refractivity contribution is 7.90. The van der Waals surface area contributed by atoms with Gasteiger partial charge >= 0.3 is 0 Å². The first-order chi connectivity index (χ1) is 19.0. The van der Waals surface area contributed by atoms with Crippen molar-refractivity contribution in [2.75, 3.05) is 60.4 Å². The minimum atomic E-state index is -3.01. The molecule has 2 atom stereocenters. The Kier molecular flexibility index (Phi) is 7.91. The summed E-state index contributed by atoms with van der Waals surface area (Å²) in [6.07, 6.45) is 6.66. The molecule has 0 bridgehead atoms. The number of sulfone groups is 1. The molecule has 10 nitrogen and oxygen atoms in total. The normalized spacial score (nSPS) is 21.1. The predicted octanol–water partition coefficient (Wildman–Crippen LogP) is 3.71. The van der Waals surface area contributed by atoms with Crippen LogP contribution in [-0.4, -0.2) is 80.3 Å². The van der Waals surface area contributed by atoms with Gasteiger partial charge in [-0.2, -0.15) is 4.98 Å². The Morgan fingerprint density at radius 2 is 1.90 bits per heavy atom. The van der Waals surface area contributed by atoms with Crippen LogP contribution in [0.2, 0.25) is 0 Å². The first-order valence-corrected chi connectivity index (χ1v) is 16.1. The van der Waals surface area contributed by atoms with Gasteiger partial charge in [-0.1, -0.05) is 19.9 Å². The van der Waals surface area contributed by atoms with Gasteiger partial charge in [0.25, 0.3) is 0 Å². The Hall–Kier alpha value is -3.02. The number of piperidine rings is 1. The van der Waals surface area contributed by atoms with Crippen LogP contribution in [-0.2, 0) is 14.6 Å². The Morgan fingerprint density at radius 3 is 2.52 bits per heavy atom. The maximum absolute atomic E-state index is 11.8. The van der Waals surface area contributed by atoms with Crippen LogP contribution in [0.15, 0.2) is 36.7 Å². The van der Waals surface area contributed by atoms with E-state index in [1.165, 1.54) is 11.8 Å². The van der Waals surface area contributed by atoms with Gasteiger partial charge in [0.1, 0.15) is 21.5 Å². The van der Waals surface area contributed by atoms with Crippen molar-refractivity contribution in [1.82, 2.24) is 15.0 Å². The number of fused-ring (bicyclic) bond motifs is 1. The van der Waals surface area contributed by atoms with E-state index >= 15 is 0 Å². The van der Waals surface area contributed by atoms with E-state index in [4.69, 9.17) is 20.4 Å². The zero-order valence-electron chi connectivity index (χ0n) is 24.1. The fourth-order valence-electron chi connectivity index (χ4n) is 5.96. The molecule has 1 aromatic carbocycles. The highest BCUT2D eigenvalue weighted by Crippen LogP contribution is 2.39. The zero-order chi connectivity index (χ0) is 28.7. The van der Waals surface area contributed by atoms with Crippen molar-refractivity contribution in [3.8, 4) is 0 Å². The fraction of sp³-hybridized carbons (Fsp3) is 0.552. The first kappa shape index (κ1) is 28.5. The third-order valence-corrected chi connectivity index (χ3v) is 9.66. The van der Waals surface area contributed by atoms with Crippen molar-refractivity contribution in [1.29, 1.82) is 0 Å². The summed E-state index contributed by atoms with van der Waals surface area (Å²) in [7, 11) is -1.28. The molecular weight excluding hydrogens is 526 g/mol. The second-order valence-corrected chi connectivity index (χ2v) is 13.8. The van der Waals surface area contributed by atoms with E-state index in [0.29, 0.717) is 30.0 Å². The number of nitrogens with zero attached hydrogens (tertiary/aromatic N) is 5. The summed E-state index contributed by atoms with van der Waals surface area (Å²) in [4.78, 5) is 18.5. The molecule has 4 heterocycles. The van der Waals surface area contributed by atoms with Crippen LogP contribution in [0.4, 0.5) is 23.3 Å². The Labute approximate surface area is 237 Å². The monoisotopic (exact) mass is 567 g/mol. The molecule has 5 rings (SSSR count). The molecule has 0 aliphatic carbocycles. The van der Waals surface area contributed by atoms with E-state index in [2.05, 4.69) is 59.1 Å². The topological polar surface area (TPSA) is 127 Å². The molecule has 0 amide bonds. The molecule has 11 heteroatoms. The van der Waals surface area contributed by atoms with Gasteiger partial charge in [0, 0.05) is 75.0 Å². The Bertz CT molecular complexity index is 1470. The molecule has 0 radical (unpaired) electrons. The maximum atomic E-state index is 11.8. The molecule has 2 aliphatic heterocycles. The summed E-state index contributed by atoms with van der Waals surface area (Å²) in [5.41, 5.74) is 8.03. The van der Waals surface area contributed by atoms with Gasteiger partial charge in [-0.3, -0.25) is 0 Å². The van der Waals surface area contributed by atoms with Gasteiger partial charge in [-0.05, 0) is 54.8 Å². The number of aromatic nitrogens is 3. The van der Waals surface area contributed by atoms with Crippen LogP contribution >= 0.6 is 0 Å². The van der Waals surface area contributed by atoms with Crippen LogP contribution in [0.3, 0.4) is 0 Å². The summed E-state index contributed by atoms with van der Waals surface area (Å²) < 4.78 is 29.4. The van der Waals surface area contributed by atoms with Gasteiger partial charge in [-0.15, -0.1) is 0 Å². The van der Waals surface area contributed by atoms with Crippen molar-refractivity contribution in [3.05, 3.63) is 42.2 Å². The molecule has 0 saturated carbocycles. The molecule has 2 aliphatic rings. The van der Waals surface area contributed by atoms with Crippen LogP contribution in [0.1, 0.15) is 45.1 Å². The van der Waals surface area contributed by atoms with E-state index in [1.807, 2.05) is 12.3 Å². The van der Waals surface area contributed by atoms with Crippen molar-refractivity contribution >= 4 is 43.9 Å². The number of rotatable bonds is 9. The molecule has 216 valence electrons. The number of ether oxygens (including phenoxy) is 1. The Balaban J connectivity index is 1.38. The lowest BCUT2D eigenvalue weighted by Gasteiger charge is -2.48. The quantitative estimate of drug-likeness (QED) is 0.395. The van der Waals surface area contributed by atoms with Crippen LogP contribution in [0.25, 0.3) is 10.8 Å². The number of pyridine rings is 1. The number of methoxy groups -OCH3 is 1. The predicted molar refractivity (Wildman–Crippen MR) is 161 cm³/mol. The highest BCUT2D eigenvalue weighted by atomic mass is 32.2. The standard InChI is InChI=1S/C29H41N7O3S/c1-19(2)22-6-7-25(36-16-21(20(36)3)17-40(5,37)38)24-15-32-27(14-23(22)24)33-26-8-11-31-28(34-26)35-12-9-29(18-30,39-4)10-13-35/h6-8,11,14-15,19-21H,9-10,12-13,16-18,30H2,1-5H3,(H,31,32,33,34)/t20-,21-/m1/s1. The van der Waals surface area contributed by atoms with Gasteiger partial charge in [0.15, 0.2) is 0 Å². The SMILES string of the molecule is COC1(CN)CCN(c2nccc(Nc3cc4c(C(C)C)ccc(N5C[C@H](CS(C)(=O)=O)[C@H]5C)c4cn3)n2)CC1. The lowest BCUT2D eigenvalue weighted by atomic mass is 9.88. The molecule has 2 fully saturated rings. The average Bonchev–Trinajstić information content (AvgIpc) is 2.94. The van der Waals surface area contributed by atoms with E-state index in [0.717, 1.165) is 48.9 Å². The minimum absolute atomic E-state index is 0.136. The molecule has 40 heavy (non-hydrogen) atoms. The van der Waals surface area contributed by atoms with Gasteiger partial charge in [-0.25, -0.2) is 18.4 Å².